The summed E-state index contributed by atoms with van der Waals surface area (Å²) in [5, 5.41) is 12.7. The largest absolute Gasteiger partial charge is 0.495 e. The van der Waals surface area contributed by atoms with Crippen LogP contribution in [0.15, 0.2) is 69.1 Å². The van der Waals surface area contributed by atoms with E-state index in [1.807, 2.05) is 36.4 Å². The lowest BCUT2D eigenvalue weighted by atomic mass is 10.1. The van der Waals surface area contributed by atoms with Gasteiger partial charge in [0.1, 0.15) is 35.5 Å². The summed E-state index contributed by atoms with van der Waals surface area (Å²) in [5.41, 5.74) is 1.74. The summed E-state index contributed by atoms with van der Waals surface area (Å²) in [6.07, 6.45) is 1.47. The number of anilines is 1. The van der Waals surface area contributed by atoms with Gasteiger partial charge in [-0.05, 0) is 42.0 Å². The molecule has 9 heteroatoms. The molecular weight excluding hydrogens is 588 g/mol. The molecule has 6 nitrogen and oxygen atoms in total. The Hall–Kier alpha value is -2.99. The number of nitriles is 1. The molecule has 0 aliphatic carbocycles. The molecular formula is C25H19Br2ClN2O4. The van der Waals surface area contributed by atoms with Crippen molar-refractivity contribution in [2.24, 2.45) is 0 Å². The number of hydrogen-bond acceptors (Lipinski definition) is 5. The van der Waals surface area contributed by atoms with Crippen LogP contribution in [0.5, 0.6) is 17.2 Å². The number of benzene rings is 3. The molecule has 0 heterocycles. The maximum Gasteiger partial charge on any atom is 0.266 e. The fraction of sp³-hybridized carbons (Fsp3) is 0.120. The van der Waals surface area contributed by atoms with Crippen molar-refractivity contribution in [2.75, 3.05) is 19.5 Å². The van der Waals surface area contributed by atoms with Crippen LogP contribution in [-0.4, -0.2) is 20.1 Å². The molecule has 34 heavy (non-hydrogen) atoms. The van der Waals surface area contributed by atoms with Gasteiger partial charge < -0.3 is 19.5 Å². The van der Waals surface area contributed by atoms with Gasteiger partial charge in [-0.3, -0.25) is 4.79 Å². The third kappa shape index (κ3) is 6.54. The second-order valence-electron chi connectivity index (χ2n) is 6.91. The fourth-order valence-corrected chi connectivity index (χ4v) is 3.83. The lowest BCUT2D eigenvalue weighted by molar-refractivity contribution is -0.112. The molecule has 3 aromatic rings. The first-order valence-corrected chi connectivity index (χ1v) is 11.8. The normalized spacial score (nSPS) is 10.9. The van der Waals surface area contributed by atoms with Crippen molar-refractivity contribution >= 4 is 61.1 Å². The van der Waals surface area contributed by atoms with E-state index in [1.54, 1.807) is 12.1 Å². The smallest absolute Gasteiger partial charge is 0.266 e. The highest BCUT2D eigenvalue weighted by atomic mass is 79.9. The van der Waals surface area contributed by atoms with Gasteiger partial charge in [0.05, 0.1) is 24.9 Å². The number of hydrogen-bond donors (Lipinski definition) is 1. The number of halogens is 3. The minimum absolute atomic E-state index is 0.123. The molecule has 0 saturated carbocycles. The Balaban J connectivity index is 1.87. The molecule has 0 aromatic heterocycles. The highest BCUT2D eigenvalue weighted by Crippen LogP contribution is 2.36. The van der Waals surface area contributed by atoms with E-state index < -0.39 is 5.91 Å². The molecule has 0 aliphatic heterocycles. The van der Waals surface area contributed by atoms with Crippen LogP contribution in [0.1, 0.15) is 11.1 Å². The van der Waals surface area contributed by atoms with Gasteiger partial charge in [-0.25, -0.2) is 0 Å². The summed E-state index contributed by atoms with van der Waals surface area (Å²) in [5.74, 6) is 0.592. The van der Waals surface area contributed by atoms with E-state index in [-0.39, 0.29) is 5.57 Å². The molecule has 1 N–H and O–H groups in total. The van der Waals surface area contributed by atoms with Gasteiger partial charge in [0, 0.05) is 26.6 Å². The van der Waals surface area contributed by atoms with Crippen LogP contribution in [0.2, 0.25) is 5.02 Å². The zero-order valence-electron chi connectivity index (χ0n) is 18.2. The fourth-order valence-electron chi connectivity index (χ4n) is 2.96. The van der Waals surface area contributed by atoms with Gasteiger partial charge in [-0.2, -0.15) is 5.26 Å². The summed E-state index contributed by atoms with van der Waals surface area (Å²) in [6, 6.07) is 18.1. The third-order valence-electron chi connectivity index (χ3n) is 4.67. The predicted octanol–water partition coefficient (Wildman–Crippen LogP) is 7.01. The standard InChI is InChI=1S/C25H19Br2ClN2O4/c1-32-23-12-21(24(33-2)11-20(23)28)30-25(31)17(13-29)9-16-10-19(27)7-8-22(16)34-14-15-3-5-18(26)6-4-15/h3-12H,14H2,1-2H3,(H,30,31)/b17-9+. The first kappa shape index (κ1) is 25.6. The van der Waals surface area contributed by atoms with Gasteiger partial charge in [0.2, 0.25) is 0 Å². The summed E-state index contributed by atoms with van der Waals surface area (Å²) in [4.78, 5) is 12.9. The Morgan fingerprint density at radius 2 is 1.68 bits per heavy atom. The van der Waals surface area contributed by atoms with Gasteiger partial charge >= 0.3 is 0 Å². The van der Waals surface area contributed by atoms with Crippen molar-refractivity contribution in [3.8, 4) is 23.3 Å². The zero-order valence-corrected chi connectivity index (χ0v) is 22.1. The number of rotatable bonds is 8. The van der Waals surface area contributed by atoms with E-state index in [4.69, 9.17) is 25.8 Å². The third-order valence-corrected chi connectivity index (χ3v) is 5.98. The predicted molar refractivity (Wildman–Crippen MR) is 139 cm³/mol. The van der Waals surface area contributed by atoms with Crippen molar-refractivity contribution < 1.29 is 19.0 Å². The second kappa shape index (κ2) is 11.9. The highest BCUT2D eigenvalue weighted by molar-refractivity contribution is 9.10. The van der Waals surface area contributed by atoms with E-state index in [9.17, 15) is 10.1 Å². The average Bonchev–Trinajstić information content (AvgIpc) is 2.83. The van der Waals surface area contributed by atoms with Gasteiger partial charge in [-0.1, -0.05) is 55.6 Å². The lowest BCUT2D eigenvalue weighted by Gasteiger charge is -2.13. The van der Waals surface area contributed by atoms with Crippen molar-refractivity contribution in [2.45, 2.75) is 6.61 Å². The topological polar surface area (TPSA) is 80.6 Å². The van der Waals surface area contributed by atoms with Crippen LogP contribution in [0, 0.1) is 11.3 Å². The zero-order chi connectivity index (χ0) is 24.7. The molecule has 3 aromatic carbocycles. The lowest BCUT2D eigenvalue weighted by Crippen LogP contribution is -2.14. The number of carbonyl (C=O) groups is 1. The quantitative estimate of drug-likeness (QED) is 0.221. The van der Waals surface area contributed by atoms with Crippen LogP contribution >= 0.6 is 43.5 Å². The monoisotopic (exact) mass is 604 g/mol. The van der Waals surface area contributed by atoms with Gasteiger partial charge in [0.15, 0.2) is 0 Å². The highest BCUT2D eigenvalue weighted by Gasteiger charge is 2.16. The summed E-state index contributed by atoms with van der Waals surface area (Å²) >= 11 is 13.0. The van der Waals surface area contributed by atoms with E-state index in [0.717, 1.165) is 14.5 Å². The van der Waals surface area contributed by atoms with Crippen LogP contribution in [0.3, 0.4) is 0 Å². The minimum atomic E-state index is -0.621. The van der Waals surface area contributed by atoms with Crippen molar-refractivity contribution in [1.29, 1.82) is 5.26 Å². The molecule has 1 amide bonds. The molecule has 0 radical (unpaired) electrons. The van der Waals surface area contributed by atoms with E-state index in [2.05, 4.69) is 37.2 Å². The molecule has 3 rings (SSSR count). The van der Waals surface area contributed by atoms with Gasteiger partial charge in [-0.15, -0.1) is 0 Å². The molecule has 0 atom stereocenters. The van der Waals surface area contributed by atoms with Crippen LogP contribution < -0.4 is 19.5 Å². The van der Waals surface area contributed by atoms with Crippen molar-refractivity contribution in [3.05, 3.63) is 85.3 Å². The molecule has 0 saturated heterocycles. The number of amides is 1. The van der Waals surface area contributed by atoms with Crippen molar-refractivity contribution in [3.63, 3.8) is 0 Å². The maximum atomic E-state index is 12.9. The summed E-state index contributed by atoms with van der Waals surface area (Å²) in [7, 11) is 2.91. The number of carbonyl (C=O) groups excluding carboxylic acids is 1. The molecule has 0 fully saturated rings. The minimum Gasteiger partial charge on any atom is -0.495 e. The van der Waals surface area contributed by atoms with E-state index in [0.29, 0.717) is 40.1 Å². The SMILES string of the molecule is COc1cc(NC(=O)/C(C#N)=C/c2cc(Br)ccc2OCc2ccc(Br)cc2)c(OC)cc1Cl. The Morgan fingerprint density at radius 3 is 2.32 bits per heavy atom. The van der Waals surface area contributed by atoms with Crippen LogP contribution in [0.25, 0.3) is 6.08 Å². The average molecular weight is 607 g/mol. The van der Waals surface area contributed by atoms with Crippen molar-refractivity contribution in [1.82, 2.24) is 0 Å². The molecule has 174 valence electrons. The Labute approximate surface area is 219 Å². The Kier molecular flexibility index (Phi) is 8.99. The van der Waals surface area contributed by atoms with Gasteiger partial charge in [0.25, 0.3) is 5.91 Å². The Bertz CT molecular complexity index is 1270. The number of methoxy groups -OCH3 is 2. The van der Waals surface area contributed by atoms with E-state index in [1.165, 1.54) is 32.4 Å². The van der Waals surface area contributed by atoms with E-state index >= 15 is 0 Å². The maximum absolute atomic E-state index is 12.9. The van der Waals surface area contributed by atoms with Crippen LogP contribution in [-0.2, 0) is 11.4 Å². The summed E-state index contributed by atoms with van der Waals surface area (Å²) in [6.45, 7) is 0.325. The number of ether oxygens (including phenoxy) is 3. The number of nitrogens with zero attached hydrogens (tertiary/aromatic N) is 1. The molecule has 0 bridgehead atoms. The second-order valence-corrected chi connectivity index (χ2v) is 9.15. The first-order valence-electron chi connectivity index (χ1n) is 9.86. The molecule has 0 spiro atoms. The Morgan fingerprint density at radius 1 is 1.00 bits per heavy atom. The summed E-state index contributed by atoms with van der Waals surface area (Å²) < 4.78 is 18.2. The van der Waals surface area contributed by atoms with Crippen LogP contribution in [0.4, 0.5) is 5.69 Å². The number of nitrogens with one attached hydrogen (secondary N) is 1. The first-order chi connectivity index (χ1) is 16.3. The molecule has 0 unspecified atom stereocenters. The molecule has 0 aliphatic rings.